The van der Waals surface area contributed by atoms with Crippen LogP contribution in [0.15, 0.2) is 29.3 Å². The Kier molecular flexibility index (Phi) is 3.24. The zero-order chi connectivity index (χ0) is 11.6. The predicted octanol–water partition coefficient (Wildman–Crippen LogP) is 3.68. The van der Waals surface area contributed by atoms with Crippen molar-refractivity contribution >= 4 is 22.6 Å². The highest BCUT2D eigenvalue weighted by molar-refractivity contribution is 8.14. The molecule has 2 rings (SSSR count). The topological polar surface area (TPSA) is 24.4 Å². The van der Waals surface area contributed by atoms with Gasteiger partial charge in [0.05, 0.1) is 5.54 Å². The van der Waals surface area contributed by atoms with Crippen molar-refractivity contribution in [1.82, 2.24) is 0 Å². The highest BCUT2D eigenvalue weighted by atomic mass is 32.2. The summed E-state index contributed by atoms with van der Waals surface area (Å²) in [6.07, 6.45) is 1.15. The van der Waals surface area contributed by atoms with E-state index in [4.69, 9.17) is 4.99 Å². The first-order valence-corrected chi connectivity index (χ1v) is 6.61. The molecule has 86 valence electrons. The Balaban J connectivity index is 2.16. The van der Waals surface area contributed by atoms with E-state index in [1.165, 1.54) is 5.56 Å². The summed E-state index contributed by atoms with van der Waals surface area (Å²) in [5.74, 6) is 1.14. The lowest BCUT2D eigenvalue weighted by Crippen LogP contribution is -2.27. The summed E-state index contributed by atoms with van der Waals surface area (Å²) in [4.78, 5) is 4.72. The van der Waals surface area contributed by atoms with Crippen LogP contribution in [0.3, 0.4) is 0 Å². The van der Waals surface area contributed by atoms with Crippen LogP contribution in [0.4, 0.5) is 5.69 Å². The number of nitrogens with one attached hydrogen (secondary N) is 1. The van der Waals surface area contributed by atoms with Crippen molar-refractivity contribution in [3.05, 3.63) is 29.8 Å². The summed E-state index contributed by atoms with van der Waals surface area (Å²) in [7, 11) is 0. The van der Waals surface area contributed by atoms with E-state index in [9.17, 15) is 0 Å². The van der Waals surface area contributed by atoms with Crippen LogP contribution in [-0.2, 0) is 0 Å². The second-order valence-corrected chi connectivity index (χ2v) is 5.85. The maximum atomic E-state index is 4.72. The number of anilines is 1. The van der Waals surface area contributed by atoms with Gasteiger partial charge in [-0.05, 0) is 38.8 Å². The highest BCUT2D eigenvalue weighted by Crippen LogP contribution is 2.27. The van der Waals surface area contributed by atoms with Gasteiger partial charge in [0, 0.05) is 11.4 Å². The van der Waals surface area contributed by atoms with Crippen molar-refractivity contribution < 1.29 is 0 Å². The fourth-order valence-corrected chi connectivity index (χ4v) is 2.94. The van der Waals surface area contributed by atoms with Crippen LogP contribution < -0.4 is 5.32 Å². The van der Waals surface area contributed by atoms with Crippen LogP contribution in [0.1, 0.15) is 25.8 Å². The smallest absolute Gasteiger partial charge is 0.161 e. The van der Waals surface area contributed by atoms with Gasteiger partial charge in [0.25, 0.3) is 0 Å². The van der Waals surface area contributed by atoms with Gasteiger partial charge in [0.2, 0.25) is 0 Å². The van der Waals surface area contributed by atoms with Gasteiger partial charge in [0.15, 0.2) is 5.17 Å². The standard InChI is InChI=1S/C13H18N2S/c1-10-6-4-5-7-11(10)14-12-15-13(2,3)8-9-16-12/h4-7H,8-9H2,1-3H3,(H,14,15). The highest BCUT2D eigenvalue weighted by Gasteiger charge is 2.22. The number of amidine groups is 1. The van der Waals surface area contributed by atoms with Crippen molar-refractivity contribution in [3.63, 3.8) is 0 Å². The molecule has 0 amide bonds. The van der Waals surface area contributed by atoms with E-state index in [1.54, 1.807) is 0 Å². The molecule has 2 nitrogen and oxygen atoms in total. The fraction of sp³-hybridized carbons (Fsp3) is 0.462. The molecule has 0 saturated carbocycles. The quantitative estimate of drug-likeness (QED) is 0.801. The van der Waals surface area contributed by atoms with Crippen molar-refractivity contribution in [3.8, 4) is 0 Å². The molecule has 0 saturated heterocycles. The van der Waals surface area contributed by atoms with Crippen molar-refractivity contribution in [2.24, 2.45) is 4.99 Å². The van der Waals surface area contributed by atoms with Crippen LogP contribution in [0.25, 0.3) is 0 Å². The van der Waals surface area contributed by atoms with E-state index in [0.717, 1.165) is 23.0 Å². The minimum Gasteiger partial charge on any atom is -0.335 e. The maximum absolute atomic E-state index is 4.72. The Morgan fingerprint density at radius 1 is 1.31 bits per heavy atom. The first-order chi connectivity index (χ1) is 7.57. The zero-order valence-electron chi connectivity index (χ0n) is 10.1. The van der Waals surface area contributed by atoms with E-state index >= 15 is 0 Å². The lowest BCUT2D eigenvalue weighted by atomic mass is 10.0. The van der Waals surface area contributed by atoms with Gasteiger partial charge in [-0.25, -0.2) is 0 Å². The van der Waals surface area contributed by atoms with Crippen molar-refractivity contribution in [2.45, 2.75) is 32.7 Å². The van der Waals surface area contributed by atoms with Crippen LogP contribution in [0, 0.1) is 6.92 Å². The molecule has 16 heavy (non-hydrogen) atoms. The number of aliphatic imine (C=N–C) groups is 1. The molecule has 0 unspecified atom stereocenters. The van der Waals surface area contributed by atoms with E-state index < -0.39 is 0 Å². The molecule has 1 aromatic rings. The third-order valence-corrected chi connectivity index (χ3v) is 3.62. The number of para-hydroxylation sites is 1. The van der Waals surface area contributed by atoms with Gasteiger partial charge < -0.3 is 5.32 Å². The second-order valence-electron chi connectivity index (χ2n) is 4.77. The summed E-state index contributed by atoms with van der Waals surface area (Å²) < 4.78 is 0. The summed E-state index contributed by atoms with van der Waals surface area (Å²) in [6.45, 7) is 6.49. The Hall–Kier alpha value is -0.960. The van der Waals surface area contributed by atoms with Crippen molar-refractivity contribution in [2.75, 3.05) is 11.1 Å². The zero-order valence-corrected chi connectivity index (χ0v) is 10.9. The second kappa shape index (κ2) is 4.50. The summed E-state index contributed by atoms with van der Waals surface area (Å²) in [5, 5.41) is 4.46. The molecular weight excluding hydrogens is 216 g/mol. The number of hydrogen-bond donors (Lipinski definition) is 1. The molecule has 0 spiro atoms. The predicted molar refractivity (Wildman–Crippen MR) is 73.4 cm³/mol. The number of aryl methyl sites for hydroxylation is 1. The normalized spacial score (nSPS) is 19.1. The third-order valence-electron chi connectivity index (χ3n) is 2.74. The van der Waals surface area contributed by atoms with Crippen LogP contribution in [0.2, 0.25) is 0 Å². The molecule has 0 radical (unpaired) electrons. The number of hydrogen-bond acceptors (Lipinski definition) is 3. The van der Waals surface area contributed by atoms with Gasteiger partial charge in [-0.1, -0.05) is 30.0 Å². The Morgan fingerprint density at radius 3 is 2.75 bits per heavy atom. The third kappa shape index (κ3) is 2.79. The molecular formula is C13H18N2S. The summed E-state index contributed by atoms with van der Waals surface area (Å²) >= 11 is 1.81. The van der Waals surface area contributed by atoms with Crippen LogP contribution in [-0.4, -0.2) is 16.5 Å². The van der Waals surface area contributed by atoms with E-state index in [0.29, 0.717) is 0 Å². The molecule has 0 bridgehead atoms. The molecule has 1 aromatic carbocycles. The van der Waals surface area contributed by atoms with Gasteiger partial charge in [-0.2, -0.15) is 0 Å². The lowest BCUT2D eigenvalue weighted by molar-refractivity contribution is 0.507. The van der Waals surface area contributed by atoms with Gasteiger partial charge in [0.1, 0.15) is 0 Å². The van der Waals surface area contributed by atoms with Crippen LogP contribution in [0.5, 0.6) is 0 Å². The van der Waals surface area contributed by atoms with E-state index in [-0.39, 0.29) is 5.54 Å². The van der Waals surface area contributed by atoms with Gasteiger partial charge in [-0.15, -0.1) is 0 Å². The Labute approximate surface area is 102 Å². The van der Waals surface area contributed by atoms with Crippen molar-refractivity contribution in [1.29, 1.82) is 0 Å². The fourth-order valence-electron chi connectivity index (χ4n) is 1.65. The Morgan fingerprint density at radius 2 is 2.06 bits per heavy atom. The molecule has 1 N–H and O–H groups in total. The largest absolute Gasteiger partial charge is 0.335 e. The first kappa shape index (κ1) is 11.5. The maximum Gasteiger partial charge on any atom is 0.161 e. The number of rotatable bonds is 1. The van der Waals surface area contributed by atoms with Crippen LogP contribution >= 0.6 is 11.8 Å². The Bertz CT molecular complexity index is 410. The van der Waals surface area contributed by atoms with Gasteiger partial charge in [-0.3, -0.25) is 4.99 Å². The molecule has 1 aliphatic heterocycles. The van der Waals surface area contributed by atoms with E-state index in [1.807, 2.05) is 11.8 Å². The molecule has 1 heterocycles. The molecule has 3 heteroatoms. The molecule has 0 aliphatic carbocycles. The average Bonchev–Trinajstić information content (AvgIpc) is 2.20. The molecule has 1 aliphatic rings. The number of nitrogens with zero attached hydrogens (tertiary/aromatic N) is 1. The number of benzene rings is 1. The SMILES string of the molecule is Cc1ccccc1NC1=NC(C)(C)CCS1. The number of thioether (sulfide) groups is 1. The minimum atomic E-state index is 0.0796. The monoisotopic (exact) mass is 234 g/mol. The summed E-state index contributed by atoms with van der Waals surface area (Å²) in [5.41, 5.74) is 2.50. The molecule has 0 aromatic heterocycles. The average molecular weight is 234 g/mol. The minimum absolute atomic E-state index is 0.0796. The molecule has 0 atom stereocenters. The lowest BCUT2D eigenvalue weighted by Gasteiger charge is -2.26. The summed E-state index contributed by atoms with van der Waals surface area (Å²) in [6, 6.07) is 8.32. The first-order valence-electron chi connectivity index (χ1n) is 5.62. The van der Waals surface area contributed by atoms with Gasteiger partial charge >= 0.3 is 0 Å². The molecule has 0 fully saturated rings. The van der Waals surface area contributed by atoms with E-state index in [2.05, 4.69) is 50.4 Å².